The number of carbonyl (C=O) groups is 1. The molecule has 0 spiro atoms. The molecule has 27 heavy (non-hydrogen) atoms. The van der Waals surface area contributed by atoms with Crippen LogP contribution in [0, 0.1) is 11.3 Å². The Balaban J connectivity index is 1.93. The molecule has 3 rings (SSSR count). The maximum absolute atomic E-state index is 12.8. The van der Waals surface area contributed by atoms with E-state index >= 15 is 0 Å². The number of hydrogen-bond acceptors (Lipinski definition) is 4. The SMILES string of the molecule is CCCn1nc(C(=O)N/N=C2\CC(C)CC(C)(C)C2)c2ccccc2c1=O. The molecule has 1 saturated carbocycles. The second-order valence-electron chi connectivity index (χ2n) is 8.40. The summed E-state index contributed by atoms with van der Waals surface area (Å²) in [6, 6.07) is 7.10. The molecule has 1 unspecified atom stereocenters. The summed E-state index contributed by atoms with van der Waals surface area (Å²) < 4.78 is 1.37. The molecule has 1 aliphatic carbocycles. The number of hydrogen-bond donors (Lipinski definition) is 1. The minimum absolute atomic E-state index is 0.168. The quantitative estimate of drug-likeness (QED) is 0.835. The van der Waals surface area contributed by atoms with Crippen LogP contribution in [0.1, 0.15) is 63.9 Å². The average molecular weight is 368 g/mol. The van der Waals surface area contributed by atoms with Crippen LogP contribution >= 0.6 is 0 Å². The normalized spacial score (nSPS) is 20.7. The van der Waals surface area contributed by atoms with Crippen LogP contribution in [-0.2, 0) is 6.54 Å². The van der Waals surface area contributed by atoms with Crippen molar-refractivity contribution in [1.82, 2.24) is 15.2 Å². The maximum Gasteiger partial charge on any atom is 0.292 e. The standard InChI is InChI=1S/C21H28N4O2/c1-5-10-25-20(27)17-9-7-6-8-16(17)18(24-25)19(26)23-22-15-11-14(2)12-21(3,4)13-15/h6-9,14H,5,10-13H2,1-4H3,(H,23,26)/b22-15+. The third-order valence-corrected chi connectivity index (χ3v) is 5.00. The van der Waals surface area contributed by atoms with Crippen molar-refractivity contribution in [2.24, 2.45) is 16.4 Å². The van der Waals surface area contributed by atoms with Crippen LogP contribution in [0.2, 0.25) is 0 Å². The van der Waals surface area contributed by atoms with Gasteiger partial charge in [0, 0.05) is 17.6 Å². The summed E-state index contributed by atoms with van der Waals surface area (Å²) >= 11 is 0. The van der Waals surface area contributed by atoms with Gasteiger partial charge in [-0.05, 0) is 43.1 Å². The summed E-state index contributed by atoms with van der Waals surface area (Å²) in [4.78, 5) is 25.4. The Morgan fingerprint density at radius 1 is 1.33 bits per heavy atom. The van der Waals surface area contributed by atoms with Crippen LogP contribution in [0.25, 0.3) is 10.8 Å². The topological polar surface area (TPSA) is 76.3 Å². The lowest BCUT2D eigenvalue weighted by molar-refractivity contribution is 0.0948. The van der Waals surface area contributed by atoms with E-state index in [1.54, 1.807) is 18.2 Å². The van der Waals surface area contributed by atoms with E-state index in [4.69, 9.17) is 0 Å². The van der Waals surface area contributed by atoms with Crippen molar-refractivity contribution in [3.05, 3.63) is 40.3 Å². The van der Waals surface area contributed by atoms with Gasteiger partial charge >= 0.3 is 0 Å². The molecule has 0 aliphatic heterocycles. The molecule has 1 aromatic carbocycles. The Bertz CT molecular complexity index is 943. The van der Waals surface area contributed by atoms with E-state index in [0.29, 0.717) is 23.2 Å². The smallest absolute Gasteiger partial charge is 0.267 e. The zero-order valence-electron chi connectivity index (χ0n) is 16.6. The molecule has 0 saturated heterocycles. The summed E-state index contributed by atoms with van der Waals surface area (Å²) in [5.41, 5.74) is 3.96. The van der Waals surface area contributed by atoms with Crippen LogP contribution in [-0.4, -0.2) is 21.4 Å². The fourth-order valence-corrected chi connectivity index (χ4v) is 4.15. The zero-order valence-corrected chi connectivity index (χ0v) is 16.6. The van der Waals surface area contributed by atoms with Crippen molar-refractivity contribution in [2.75, 3.05) is 0 Å². The van der Waals surface area contributed by atoms with Crippen molar-refractivity contribution in [3.8, 4) is 0 Å². The van der Waals surface area contributed by atoms with Gasteiger partial charge in [0.25, 0.3) is 11.5 Å². The minimum atomic E-state index is -0.375. The number of rotatable bonds is 4. The minimum Gasteiger partial charge on any atom is -0.267 e. The molecule has 6 heteroatoms. The lowest BCUT2D eigenvalue weighted by Gasteiger charge is -2.34. The molecular weight excluding hydrogens is 340 g/mol. The highest BCUT2D eigenvalue weighted by atomic mass is 16.2. The lowest BCUT2D eigenvalue weighted by Crippen LogP contribution is -2.31. The second kappa shape index (κ2) is 7.62. The number of fused-ring (bicyclic) bond motifs is 1. The number of aromatic nitrogens is 2. The van der Waals surface area contributed by atoms with Crippen LogP contribution in [0.4, 0.5) is 0 Å². The largest absolute Gasteiger partial charge is 0.292 e. The molecule has 1 atom stereocenters. The molecule has 2 aromatic rings. The Morgan fingerprint density at radius 3 is 2.70 bits per heavy atom. The second-order valence-corrected chi connectivity index (χ2v) is 8.40. The van der Waals surface area contributed by atoms with Gasteiger partial charge < -0.3 is 0 Å². The van der Waals surface area contributed by atoms with Gasteiger partial charge in [0.2, 0.25) is 0 Å². The van der Waals surface area contributed by atoms with Gasteiger partial charge in [-0.3, -0.25) is 9.59 Å². The van der Waals surface area contributed by atoms with E-state index in [9.17, 15) is 9.59 Å². The highest BCUT2D eigenvalue weighted by Crippen LogP contribution is 2.36. The predicted molar refractivity (Wildman–Crippen MR) is 108 cm³/mol. The maximum atomic E-state index is 12.8. The lowest BCUT2D eigenvalue weighted by atomic mass is 9.72. The van der Waals surface area contributed by atoms with Gasteiger partial charge in [-0.25, -0.2) is 10.1 Å². The fourth-order valence-electron chi connectivity index (χ4n) is 4.15. The molecule has 1 aromatic heterocycles. The summed E-state index contributed by atoms with van der Waals surface area (Å²) in [7, 11) is 0. The summed E-state index contributed by atoms with van der Waals surface area (Å²) in [5.74, 6) is 0.175. The van der Waals surface area contributed by atoms with Crippen LogP contribution in [0.15, 0.2) is 34.2 Å². The van der Waals surface area contributed by atoms with Crippen molar-refractivity contribution < 1.29 is 4.79 Å². The summed E-state index contributed by atoms with van der Waals surface area (Å²) in [6.07, 6.45) is 3.70. The number of nitrogens with zero attached hydrogens (tertiary/aromatic N) is 3. The zero-order chi connectivity index (χ0) is 19.6. The molecule has 1 fully saturated rings. The fraction of sp³-hybridized carbons (Fsp3) is 0.524. The van der Waals surface area contributed by atoms with Gasteiger partial charge in [-0.1, -0.05) is 45.9 Å². The van der Waals surface area contributed by atoms with E-state index in [2.05, 4.69) is 36.4 Å². The van der Waals surface area contributed by atoms with E-state index < -0.39 is 0 Å². The van der Waals surface area contributed by atoms with Gasteiger partial charge in [-0.2, -0.15) is 10.2 Å². The monoisotopic (exact) mass is 368 g/mol. The third kappa shape index (κ3) is 4.26. The van der Waals surface area contributed by atoms with E-state index in [1.807, 2.05) is 13.0 Å². The first kappa shape index (κ1) is 19.3. The highest BCUT2D eigenvalue weighted by Gasteiger charge is 2.29. The molecule has 1 heterocycles. The third-order valence-electron chi connectivity index (χ3n) is 5.00. The van der Waals surface area contributed by atoms with Crippen molar-refractivity contribution in [1.29, 1.82) is 0 Å². The highest BCUT2D eigenvalue weighted by molar-refractivity contribution is 6.05. The number of nitrogens with one attached hydrogen (secondary N) is 1. The molecule has 0 radical (unpaired) electrons. The number of aryl methyl sites for hydroxylation is 1. The Hall–Kier alpha value is -2.50. The summed E-state index contributed by atoms with van der Waals surface area (Å²) in [5, 5.41) is 9.79. The Morgan fingerprint density at radius 2 is 2.04 bits per heavy atom. The average Bonchev–Trinajstić information content (AvgIpc) is 2.60. The first-order chi connectivity index (χ1) is 12.8. The van der Waals surface area contributed by atoms with Crippen molar-refractivity contribution in [2.45, 2.75) is 59.9 Å². The molecular formula is C21H28N4O2. The number of amides is 1. The van der Waals surface area contributed by atoms with Crippen LogP contribution in [0.5, 0.6) is 0 Å². The van der Waals surface area contributed by atoms with E-state index in [-0.39, 0.29) is 22.6 Å². The van der Waals surface area contributed by atoms with Gasteiger partial charge in [0.15, 0.2) is 5.69 Å². The van der Waals surface area contributed by atoms with Crippen LogP contribution in [0.3, 0.4) is 0 Å². The van der Waals surface area contributed by atoms with Crippen LogP contribution < -0.4 is 11.0 Å². The van der Waals surface area contributed by atoms with E-state index in [1.165, 1.54) is 4.68 Å². The van der Waals surface area contributed by atoms with E-state index in [0.717, 1.165) is 31.4 Å². The number of benzene rings is 1. The predicted octanol–water partition coefficient (Wildman–Crippen LogP) is 3.74. The summed E-state index contributed by atoms with van der Waals surface area (Å²) in [6.45, 7) is 9.13. The van der Waals surface area contributed by atoms with Crippen molar-refractivity contribution in [3.63, 3.8) is 0 Å². The van der Waals surface area contributed by atoms with Gasteiger partial charge in [0.05, 0.1) is 5.39 Å². The molecule has 144 valence electrons. The van der Waals surface area contributed by atoms with Gasteiger partial charge in [-0.15, -0.1) is 0 Å². The molecule has 1 N–H and O–H groups in total. The molecule has 1 amide bonds. The van der Waals surface area contributed by atoms with Crippen molar-refractivity contribution >= 4 is 22.4 Å². The first-order valence-electron chi connectivity index (χ1n) is 9.66. The molecule has 0 bridgehead atoms. The van der Waals surface area contributed by atoms with Gasteiger partial charge in [0.1, 0.15) is 0 Å². The number of hydrazone groups is 1. The first-order valence-corrected chi connectivity index (χ1v) is 9.66. The Labute approximate surface area is 159 Å². The molecule has 6 nitrogen and oxygen atoms in total. The Kier molecular flexibility index (Phi) is 5.44. The molecule has 1 aliphatic rings. The number of carbonyl (C=O) groups excluding carboxylic acids is 1.